The first kappa shape index (κ1) is 15.1. The highest BCUT2D eigenvalue weighted by molar-refractivity contribution is 9.10. The number of esters is 1. The zero-order valence-electron chi connectivity index (χ0n) is 11.9. The summed E-state index contributed by atoms with van der Waals surface area (Å²) in [6.07, 6.45) is 5.32. The molecule has 3 aromatic rings. The van der Waals surface area contributed by atoms with Gasteiger partial charge in [-0.3, -0.25) is 9.08 Å². The number of hydrogen-bond donors (Lipinski definition) is 0. The number of imidazole rings is 1. The van der Waals surface area contributed by atoms with Crippen LogP contribution in [0.3, 0.4) is 0 Å². The number of nitrogens with zero attached hydrogens (tertiary/aromatic N) is 4. The fourth-order valence-electron chi connectivity index (χ4n) is 2.25. The van der Waals surface area contributed by atoms with Crippen molar-refractivity contribution in [1.82, 2.24) is 19.2 Å². The highest BCUT2D eigenvalue weighted by atomic mass is 79.9. The largest absolute Gasteiger partial charge is 0.462 e. The van der Waals surface area contributed by atoms with Gasteiger partial charge in [0.05, 0.1) is 28.9 Å². The van der Waals surface area contributed by atoms with Crippen molar-refractivity contribution in [2.45, 2.75) is 6.92 Å². The molecule has 0 radical (unpaired) electrons. The summed E-state index contributed by atoms with van der Waals surface area (Å²) < 4.78 is 9.09. The Morgan fingerprint density at radius 1 is 1.50 bits per heavy atom. The van der Waals surface area contributed by atoms with Crippen LogP contribution >= 0.6 is 27.5 Å². The average molecular weight is 384 g/mol. The van der Waals surface area contributed by atoms with Gasteiger partial charge in [-0.05, 0) is 28.9 Å². The van der Waals surface area contributed by atoms with E-state index in [1.165, 1.54) is 0 Å². The molecule has 3 aromatic heterocycles. The van der Waals surface area contributed by atoms with Crippen molar-refractivity contribution in [3.05, 3.63) is 39.8 Å². The highest BCUT2D eigenvalue weighted by Gasteiger charge is 2.22. The molecule has 0 bridgehead atoms. The van der Waals surface area contributed by atoms with Gasteiger partial charge in [-0.1, -0.05) is 11.6 Å². The van der Waals surface area contributed by atoms with E-state index in [0.29, 0.717) is 26.5 Å². The van der Waals surface area contributed by atoms with Crippen molar-refractivity contribution < 1.29 is 9.53 Å². The molecule has 3 rings (SSSR count). The number of pyridine rings is 1. The van der Waals surface area contributed by atoms with Crippen LogP contribution in [0.1, 0.15) is 17.3 Å². The molecule has 0 atom stereocenters. The first-order valence-electron chi connectivity index (χ1n) is 6.55. The number of aromatic nitrogens is 4. The number of halogens is 2. The van der Waals surface area contributed by atoms with Gasteiger partial charge in [-0.2, -0.15) is 5.10 Å². The molecule has 0 aliphatic carbocycles. The minimum absolute atomic E-state index is 0.275. The van der Waals surface area contributed by atoms with Crippen LogP contribution in [-0.2, 0) is 11.8 Å². The Kier molecular flexibility index (Phi) is 3.92. The van der Waals surface area contributed by atoms with Gasteiger partial charge >= 0.3 is 5.97 Å². The molecule has 6 nitrogen and oxygen atoms in total. The lowest BCUT2D eigenvalue weighted by Gasteiger charge is -2.07. The summed E-state index contributed by atoms with van der Waals surface area (Å²) in [6, 6.07) is 1.65. The Morgan fingerprint density at radius 3 is 2.91 bits per heavy atom. The Morgan fingerprint density at radius 2 is 2.27 bits per heavy atom. The molecule has 8 heteroatoms. The van der Waals surface area contributed by atoms with E-state index < -0.39 is 5.97 Å². The van der Waals surface area contributed by atoms with Gasteiger partial charge in [-0.15, -0.1) is 0 Å². The van der Waals surface area contributed by atoms with Crippen molar-refractivity contribution in [3.63, 3.8) is 0 Å². The van der Waals surface area contributed by atoms with Crippen LogP contribution in [0.5, 0.6) is 0 Å². The molecule has 0 aliphatic heterocycles. The average Bonchev–Trinajstić information content (AvgIpc) is 3.03. The van der Waals surface area contributed by atoms with Crippen LogP contribution in [0, 0.1) is 0 Å². The lowest BCUT2D eigenvalue weighted by atomic mass is 10.2. The summed E-state index contributed by atoms with van der Waals surface area (Å²) in [5, 5.41) is 4.47. The number of fused-ring (bicyclic) bond motifs is 1. The SMILES string of the molecule is CCOC(=O)c1c(Cl)ccn2c(-c3cnn(C)c3)nc(Br)c12. The van der Waals surface area contributed by atoms with Gasteiger partial charge in [0.2, 0.25) is 0 Å². The van der Waals surface area contributed by atoms with Crippen molar-refractivity contribution in [2.75, 3.05) is 6.61 Å². The van der Waals surface area contributed by atoms with Crippen LogP contribution in [0.25, 0.3) is 16.9 Å². The molecule has 0 aliphatic rings. The first-order chi connectivity index (χ1) is 10.5. The number of carbonyl (C=O) groups excluding carboxylic acids is 1. The van der Waals surface area contributed by atoms with Gasteiger partial charge in [0.25, 0.3) is 0 Å². The fourth-order valence-corrected chi connectivity index (χ4v) is 3.03. The molecule has 0 unspecified atom stereocenters. The lowest BCUT2D eigenvalue weighted by Crippen LogP contribution is -2.07. The maximum absolute atomic E-state index is 12.2. The molecule has 0 N–H and O–H groups in total. The van der Waals surface area contributed by atoms with E-state index in [1.54, 1.807) is 34.5 Å². The molecule has 22 heavy (non-hydrogen) atoms. The summed E-state index contributed by atoms with van der Waals surface area (Å²) in [4.78, 5) is 16.7. The molecule has 0 saturated heterocycles. The maximum Gasteiger partial charge on any atom is 0.341 e. The summed E-state index contributed by atoms with van der Waals surface area (Å²) in [5.74, 6) is 0.189. The van der Waals surface area contributed by atoms with Gasteiger partial charge in [-0.25, -0.2) is 9.78 Å². The predicted molar refractivity (Wildman–Crippen MR) is 86.1 cm³/mol. The summed E-state index contributed by atoms with van der Waals surface area (Å²) in [5.41, 5.74) is 1.70. The van der Waals surface area contributed by atoms with Crippen molar-refractivity contribution >= 4 is 39.0 Å². The summed E-state index contributed by atoms with van der Waals surface area (Å²) >= 11 is 9.59. The molecule has 0 fully saturated rings. The van der Waals surface area contributed by atoms with E-state index in [4.69, 9.17) is 16.3 Å². The second-order valence-corrected chi connectivity index (χ2v) is 5.76. The van der Waals surface area contributed by atoms with Crippen LogP contribution in [0.15, 0.2) is 29.3 Å². The molecule has 0 saturated carbocycles. The smallest absolute Gasteiger partial charge is 0.341 e. The topological polar surface area (TPSA) is 61.4 Å². The zero-order valence-corrected chi connectivity index (χ0v) is 14.2. The van der Waals surface area contributed by atoms with Gasteiger partial charge in [0, 0.05) is 19.4 Å². The van der Waals surface area contributed by atoms with Crippen molar-refractivity contribution in [2.24, 2.45) is 7.05 Å². The van der Waals surface area contributed by atoms with E-state index in [9.17, 15) is 4.79 Å². The predicted octanol–water partition coefficient (Wildman–Crippen LogP) is 3.33. The highest BCUT2D eigenvalue weighted by Crippen LogP contribution is 2.32. The molecule has 0 amide bonds. The standard InChI is InChI=1S/C14H12BrClN4O2/c1-3-22-14(21)10-9(16)4-5-20-11(10)12(15)18-13(20)8-6-17-19(2)7-8/h4-7H,3H2,1-2H3. The number of ether oxygens (including phenoxy) is 1. The van der Waals surface area contributed by atoms with Crippen molar-refractivity contribution in [3.8, 4) is 11.4 Å². The lowest BCUT2D eigenvalue weighted by molar-refractivity contribution is 0.0528. The first-order valence-corrected chi connectivity index (χ1v) is 7.72. The summed E-state index contributed by atoms with van der Waals surface area (Å²) in [6.45, 7) is 2.02. The van der Waals surface area contributed by atoms with Crippen LogP contribution in [-0.4, -0.2) is 31.7 Å². The van der Waals surface area contributed by atoms with Crippen LogP contribution < -0.4 is 0 Å². The fraction of sp³-hybridized carbons (Fsp3) is 0.214. The zero-order chi connectivity index (χ0) is 15.9. The number of hydrogen-bond acceptors (Lipinski definition) is 4. The number of rotatable bonds is 3. The van der Waals surface area contributed by atoms with E-state index in [1.807, 2.05) is 13.2 Å². The van der Waals surface area contributed by atoms with Crippen molar-refractivity contribution in [1.29, 1.82) is 0 Å². The maximum atomic E-state index is 12.2. The van der Waals surface area contributed by atoms with E-state index >= 15 is 0 Å². The molecule has 0 aromatic carbocycles. The van der Waals surface area contributed by atoms with Gasteiger partial charge < -0.3 is 4.74 Å². The third kappa shape index (κ3) is 2.40. The van der Waals surface area contributed by atoms with Gasteiger partial charge in [0.15, 0.2) is 0 Å². The number of aryl methyl sites for hydroxylation is 1. The Hall–Kier alpha value is -1.86. The Bertz CT molecular complexity index is 871. The van der Waals surface area contributed by atoms with E-state index in [0.717, 1.165) is 5.56 Å². The molecular formula is C14H12BrClN4O2. The van der Waals surface area contributed by atoms with E-state index in [2.05, 4.69) is 26.0 Å². The molecular weight excluding hydrogens is 372 g/mol. The molecule has 114 valence electrons. The van der Waals surface area contributed by atoms with Crippen LogP contribution in [0.4, 0.5) is 0 Å². The second kappa shape index (κ2) is 5.73. The van der Waals surface area contributed by atoms with E-state index in [-0.39, 0.29) is 6.61 Å². The second-order valence-electron chi connectivity index (χ2n) is 4.61. The Balaban J connectivity index is 2.28. The Labute approximate surface area is 139 Å². The minimum Gasteiger partial charge on any atom is -0.462 e. The normalized spacial score (nSPS) is 11.1. The monoisotopic (exact) mass is 382 g/mol. The van der Waals surface area contributed by atoms with Crippen LogP contribution in [0.2, 0.25) is 5.02 Å². The summed E-state index contributed by atoms with van der Waals surface area (Å²) in [7, 11) is 1.83. The molecule has 3 heterocycles. The minimum atomic E-state index is -0.476. The quantitative estimate of drug-likeness (QED) is 0.651. The third-order valence-electron chi connectivity index (χ3n) is 3.16. The van der Waals surface area contributed by atoms with Gasteiger partial charge in [0.1, 0.15) is 16.0 Å². The molecule has 0 spiro atoms. The third-order valence-corrected chi connectivity index (χ3v) is 4.02. The number of carbonyl (C=O) groups is 1.